The highest BCUT2D eigenvalue weighted by atomic mass is 35.5. The number of carbonyl (C=O) groups excluding carboxylic acids is 1. The molecule has 3 rings (SSSR count). The van der Waals surface area contributed by atoms with Crippen LogP contribution in [0.4, 0.5) is 5.69 Å². The number of methoxy groups -OCH3 is 1. The maximum absolute atomic E-state index is 12.4. The number of aryl methyl sites for hydroxylation is 1. The van der Waals surface area contributed by atoms with Crippen LogP contribution in [0, 0.1) is 0 Å². The SMILES string of the molecule is CCCc1cc(-c2nnc(SCC(=O)Nc3cc(Cl)ccc3OC)n2CC)cs1. The predicted molar refractivity (Wildman–Crippen MR) is 120 cm³/mol. The molecule has 29 heavy (non-hydrogen) atoms. The Morgan fingerprint density at radius 3 is 2.86 bits per heavy atom. The van der Waals surface area contributed by atoms with Crippen LogP contribution in [0.1, 0.15) is 25.1 Å². The maximum atomic E-state index is 12.4. The summed E-state index contributed by atoms with van der Waals surface area (Å²) in [4.78, 5) is 13.8. The molecule has 0 aliphatic rings. The lowest BCUT2D eigenvalue weighted by Crippen LogP contribution is -2.15. The van der Waals surface area contributed by atoms with E-state index in [9.17, 15) is 4.79 Å². The zero-order valence-corrected chi connectivity index (χ0v) is 19.0. The average Bonchev–Trinajstić information content (AvgIpc) is 3.33. The van der Waals surface area contributed by atoms with Gasteiger partial charge in [-0.2, -0.15) is 0 Å². The van der Waals surface area contributed by atoms with Crippen LogP contribution in [-0.2, 0) is 17.8 Å². The van der Waals surface area contributed by atoms with Gasteiger partial charge < -0.3 is 14.6 Å². The van der Waals surface area contributed by atoms with E-state index in [0.717, 1.165) is 35.9 Å². The predicted octanol–water partition coefficient (Wildman–Crippen LogP) is 5.37. The molecular weight excluding hydrogens is 428 g/mol. The van der Waals surface area contributed by atoms with Crippen molar-refractivity contribution in [3.8, 4) is 17.1 Å². The summed E-state index contributed by atoms with van der Waals surface area (Å²) in [5, 5.41) is 14.9. The Morgan fingerprint density at radius 2 is 2.14 bits per heavy atom. The Kier molecular flexibility index (Phi) is 7.57. The molecule has 0 spiro atoms. The number of nitrogens with zero attached hydrogens (tertiary/aromatic N) is 3. The highest BCUT2D eigenvalue weighted by Crippen LogP contribution is 2.30. The second kappa shape index (κ2) is 10.1. The highest BCUT2D eigenvalue weighted by molar-refractivity contribution is 7.99. The number of carbonyl (C=O) groups is 1. The lowest BCUT2D eigenvalue weighted by atomic mass is 10.2. The Labute approximate surface area is 183 Å². The third-order valence-electron chi connectivity index (χ3n) is 4.21. The minimum Gasteiger partial charge on any atom is -0.495 e. The molecule has 1 N–H and O–H groups in total. The standard InChI is InChI=1S/C20H23ClN4O2S2/c1-4-6-15-9-13(11-28-15)19-23-24-20(25(19)5-2)29-12-18(26)22-16-10-14(21)7-8-17(16)27-3/h7-11H,4-6,12H2,1-3H3,(H,22,26). The highest BCUT2D eigenvalue weighted by Gasteiger charge is 2.16. The first-order valence-electron chi connectivity index (χ1n) is 9.32. The zero-order chi connectivity index (χ0) is 20.8. The molecule has 0 bridgehead atoms. The van der Waals surface area contributed by atoms with Crippen molar-refractivity contribution in [3.63, 3.8) is 0 Å². The van der Waals surface area contributed by atoms with Crippen LogP contribution in [-0.4, -0.2) is 33.5 Å². The average molecular weight is 451 g/mol. The van der Waals surface area contributed by atoms with Gasteiger partial charge in [-0.3, -0.25) is 4.79 Å². The van der Waals surface area contributed by atoms with Gasteiger partial charge in [-0.1, -0.05) is 36.7 Å². The van der Waals surface area contributed by atoms with E-state index in [1.54, 1.807) is 36.6 Å². The molecule has 0 aliphatic heterocycles. The first kappa shape index (κ1) is 21.7. The van der Waals surface area contributed by atoms with E-state index < -0.39 is 0 Å². The number of hydrogen-bond acceptors (Lipinski definition) is 6. The van der Waals surface area contributed by atoms with E-state index >= 15 is 0 Å². The number of anilines is 1. The fourth-order valence-corrected chi connectivity index (χ4v) is 4.81. The van der Waals surface area contributed by atoms with Crippen LogP contribution in [0.5, 0.6) is 5.75 Å². The Hall–Kier alpha value is -2.03. The van der Waals surface area contributed by atoms with Gasteiger partial charge in [0.15, 0.2) is 11.0 Å². The number of ether oxygens (including phenoxy) is 1. The number of thiophene rings is 1. The second-order valence-electron chi connectivity index (χ2n) is 6.28. The number of halogens is 1. The van der Waals surface area contributed by atoms with Gasteiger partial charge >= 0.3 is 0 Å². The number of amides is 1. The van der Waals surface area contributed by atoms with Crippen molar-refractivity contribution in [3.05, 3.63) is 39.5 Å². The minimum absolute atomic E-state index is 0.163. The van der Waals surface area contributed by atoms with Gasteiger partial charge in [0, 0.05) is 27.4 Å². The van der Waals surface area contributed by atoms with Gasteiger partial charge in [0.2, 0.25) is 5.91 Å². The number of thioether (sulfide) groups is 1. The van der Waals surface area contributed by atoms with Crippen LogP contribution in [0.2, 0.25) is 5.02 Å². The summed E-state index contributed by atoms with van der Waals surface area (Å²) in [6.45, 7) is 4.95. The monoisotopic (exact) mass is 450 g/mol. The fraction of sp³-hybridized carbons (Fsp3) is 0.350. The summed E-state index contributed by atoms with van der Waals surface area (Å²) in [6.07, 6.45) is 2.19. The van der Waals surface area contributed by atoms with Crippen LogP contribution >= 0.6 is 34.7 Å². The Balaban J connectivity index is 1.68. The molecule has 0 saturated heterocycles. The smallest absolute Gasteiger partial charge is 0.234 e. The van der Waals surface area contributed by atoms with E-state index in [-0.39, 0.29) is 11.7 Å². The molecule has 0 atom stereocenters. The Morgan fingerprint density at radius 1 is 1.31 bits per heavy atom. The topological polar surface area (TPSA) is 69.0 Å². The largest absolute Gasteiger partial charge is 0.495 e. The molecule has 2 aromatic heterocycles. The molecule has 0 radical (unpaired) electrons. The van der Waals surface area contributed by atoms with Crippen molar-refractivity contribution in [2.75, 3.05) is 18.2 Å². The van der Waals surface area contributed by atoms with E-state index in [1.165, 1.54) is 16.6 Å². The molecule has 0 unspecified atom stereocenters. The van der Waals surface area contributed by atoms with Crippen molar-refractivity contribution in [2.24, 2.45) is 0 Å². The normalized spacial score (nSPS) is 10.9. The molecule has 2 heterocycles. The van der Waals surface area contributed by atoms with Gasteiger partial charge in [-0.15, -0.1) is 21.5 Å². The van der Waals surface area contributed by atoms with E-state index in [0.29, 0.717) is 16.5 Å². The van der Waals surface area contributed by atoms with Crippen molar-refractivity contribution >= 4 is 46.3 Å². The first-order valence-corrected chi connectivity index (χ1v) is 11.6. The quantitative estimate of drug-likeness (QED) is 0.443. The number of aromatic nitrogens is 3. The van der Waals surface area contributed by atoms with E-state index in [1.807, 2.05) is 11.5 Å². The van der Waals surface area contributed by atoms with Crippen molar-refractivity contribution in [2.45, 2.75) is 38.4 Å². The number of benzene rings is 1. The first-order chi connectivity index (χ1) is 14.0. The zero-order valence-electron chi connectivity index (χ0n) is 16.6. The maximum Gasteiger partial charge on any atom is 0.234 e. The van der Waals surface area contributed by atoms with Crippen molar-refractivity contribution < 1.29 is 9.53 Å². The molecule has 154 valence electrons. The molecule has 0 aliphatic carbocycles. The summed E-state index contributed by atoms with van der Waals surface area (Å²) < 4.78 is 7.30. The van der Waals surface area contributed by atoms with E-state index in [4.69, 9.17) is 16.3 Å². The number of hydrogen-bond donors (Lipinski definition) is 1. The minimum atomic E-state index is -0.163. The van der Waals surface area contributed by atoms with Crippen molar-refractivity contribution in [1.29, 1.82) is 0 Å². The van der Waals surface area contributed by atoms with Crippen LogP contribution in [0.3, 0.4) is 0 Å². The molecule has 6 nitrogen and oxygen atoms in total. The van der Waals surface area contributed by atoms with Gasteiger partial charge in [0.05, 0.1) is 18.6 Å². The summed E-state index contributed by atoms with van der Waals surface area (Å²) in [5.74, 6) is 1.44. The molecule has 3 aromatic rings. The molecule has 0 saturated carbocycles. The van der Waals surface area contributed by atoms with Gasteiger partial charge in [0.25, 0.3) is 0 Å². The number of rotatable bonds is 9. The summed E-state index contributed by atoms with van der Waals surface area (Å²) in [5.41, 5.74) is 1.62. The second-order valence-corrected chi connectivity index (χ2v) is 8.66. The summed E-state index contributed by atoms with van der Waals surface area (Å²) in [6, 6.07) is 7.28. The molecule has 9 heteroatoms. The third-order valence-corrected chi connectivity index (χ3v) is 6.41. The van der Waals surface area contributed by atoms with Gasteiger partial charge in [-0.25, -0.2) is 0 Å². The lowest BCUT2D eigenvalue weighted by Gasteiger charge is -2.10. The molecular formula is C20H23ClN4O2S2. The lowest BCUT2D eigenvalue weighted by molar-refractivity contribution is -0.113. The number of nitrogens with one attached hydrogen (secondary N) is 1. The van der Waals surface area contributed by atoms with Crippen LogP contribution in [0.15, 0.2) is 34.8 Å². The summed E-state index contributed by atoms with van der Waals surface area (Å²) in [7, 11) is 1.55. The van der Waals surface area contributed by atoms with Crippen LogP contribution in [0.25, 0.3) is 11.4 Å². The third kappa shape index (κ3) is 5.32. The van der Waals surface area contributed by atoms with Crippen LogP contribution < -0.4 is 10.1 Å². The van der Waals surface area contributed by atoms with E-state index in [2.05, 4.69) is 33.9 Å². The Bertz CT molecular complexity index is 987. The molecule has 1 amide bonds. The van der Waals surface area contributed by atoms with Gasteiger partial charge in [0.1, 0.15) is 5.75 Å². The molecule has 1 aromatic carbocycles. The molecule has 0 fully saturated rings. The van der Waals surface area contributed by atoms with Crippen molar-refractivity contribution in [1.82, 2.24) is 14.8 Å². The fourth-order valence-electron chi connectivity index (χ4n) is 2.86. The van der Waals surface area contributed by atoms with Gasteiger partial charge in [-0.05, 0) is 37.6 Å². The summed E-state index contributed by atoms with van der Waals surface area (Å²) >= 11 is 9.12.